The Balaban J connectivity index is 3.74. The fourth-order valence-electron chi connectivity index (χ4n) is 0.928. The lowest BCUT2D eigenvalue weighted by atomic mass is 10.2. The second kappa shape index (κ2) is 7.28. The Kier molecular flexibility index (Phi) is 6.69. The van der Waals surface area contributed by atoms with E-state index in [0.29, 0.717) is 6.54 Å². The highest BCUT2D eigenvalue weighted by molar-refractivity contribution is 5.85. The van der Waals surface area contributed by atoms with Gasteiger partial charge in [0.15, 0.2) is 0 Å². The standard InChI is InChI=1S/C8H18N4O2/c1-6(13)12-7(8(9)14)5-11-4-3-10-2/h7,10-11H,3-5H2,1-2H3,(H2,9,14)(H,12,13). The lowest BCUT2D eigenvalue weighted by Gasteiger charge is -2.14. The van der Waals surface area contributed by atoms with E-state index in [1.54, 1.807) is 0 Å². The number of nitrogens with one attached hydrogen (secondary N) is 3. The lowest BCUT2D eigenvalue weighted by molar-refractivity contribution is -0.126. The number of nitrogens with two attached hydrogens (primary N) is 1. The van der Waals surface area contributed by atoms with Crippen LogP contribution in [0.1, 0.15) is 6.92 Å². The molecule has 2 amide bonds. The summed E-state index contributed by atoms with van der Waals surface area (Å²) in [6.07, 6.45) is 0. The first-order valence-electron chi connectivity index (χ1n) is 4.49. The summed E-state index contributed by atoms with van der Waals surface area (Å²) in [5.41, 5.74) is 5.09. The molecule has 0 aliphatic heterocycles. The predicted molar refractivity (Wildman–Crippen MR) is 53.6 cm³/mol. The summed E-state index contributed by atoms with van der Waals surface area (Å²) in [5, 5.41) is 8.40. The van der Waals surface area contributed by atoms with Gasteiger partial charge >= 0.3 is 0 Å². The molecule has 0 fully saturated rings. The van der Waals surface area contributed by atoms with Crippen molar-refractivity contribution in [2.24, 2.45) is 5.73 Å². The smallest absolute Gasteiger partial charge is 0.241 e. The van der Waals surface area contributed by atoms with Crippen molar-refractivity contribution in [3.63, 3.8) is 0 Å². The molecule has 0 aromatic rings. The molecule has 0 bridgehead atoms. The van der Waals surface area contributed by atoms with Gasteiger partial charge in [0.2, 0.25) is 11.8 Å². The second-order valence-corrected chi connectivity index (χ2v) is 2.96. The highest BCUT2D eigenvalue weighted by atomic mass is 16.2. The van der Waals surface area contributed by atoms with E-state index in [4.69, 9.17) is 5.73 Å². The van der Waals surface area contributed by atoms with Gasteiger partial charge in [-0.1, -0.05) is 0 Å². The average Bonchev–Trinajstić information content (AvgIpc) is 2.09. The largest absolute Gasteiger partial charge is 0.368 e. The van der Waals surface area contributed by atoms with Crippen molar-refractivity contribution in [2.75, 3.05) is 26.7 Å². The normalized spacial score (nSPS) is 12.1. The number of amides is 2. The molecule has 0 aromatic carbocycles. The summed E-state index contributed by atoms with van der Waals surface area (Å²) >= 11 is 0. The maximum atomic E-state index is 10.9. The highest BCUT2D eigenvalue weighted by Gasteiger charge is 2.14. The Bertz CT molecular complexity index is 196. The first kappa shape index (κ1) is 12.9. The van der Waals surface area contributed by atoms with Crippen LogP contribution in [0.4, 0.5) is 0 Å². The van der Waals surface area contributed by atoms with Crippen LogP contribution in [-0.2, 0) is 9.59 Å². The average molecular weight is 202 g/mol. The molecular weight excluding hydrogens is 184 g/mol. The van der Waals surface area contributed by atoms with Gasteiger partial charge in [-0.15, -0.1) is 0 Å². The van der Waals surface area contributed by atoms with Crippen LogP contribution >= 0.6 is 0 Å². The molecule has 0 aliphatic carbocycles. The van der Waals surface area contributed by atoms with Crippen molar-refractivity contribution < 1.29 is 9.59 Å². The zero-order valence-electron chi connectivity index (χ0n) is 8.59. The molecule has 82 valence electrons. The number of primary amides is 1. The number of likely N-dealkylation sites (N-methyl/N-ethyl adjacent to an activating group) is 1. The molecule has 0 rings (SSSR count). The van der Waals surface area contributed by atoms with Gasteiger partial charge in [-0.05, 0) is 7.05 Å². The van der Waals surface area contributed by atoms with Crippen LogP contribution in [0.15, 0.2) is 0 Å². The Labute approximate surface area is 83.6 Å². The van der Waals surface area contributed by atoms with Crippen molar-refractivity contribution >= 4 is 11.8 Å². The van der Waals surface area contributed by atoms with Gasteiger partial charge in [-0.3, -0.25) is 9.59 Å². The Morgan fingerprint density at radius 3 is 2.43 bits per heavy atom. The molecule has 0 aromatic heterocycles. The molecule has 0 radical (unpaired) electrons. The third-order valence-corrected chi connectivity index (χ3v) is 1.62. The maximum Gasteiger partial charge on any atom is 0.241 e. The van der Waals surface area contributed by atoms with Crippen LogP contribution in [0, 0.1) is 0 Å². The van der Waals surface area contributed by atoms with Crippen LogP contribution in [0.2, 0.25) is 0 Å². The van der Waals surface area contributed by atoms with Crippen molar-refractivity contribution in [3.05, 3.63) is 0 Å². The molecule has 1 atom stereocenters. The predicted octanol–water partition coefficient (Wildman–Crippen LogP) is -2.21. The minimum atomic E-state index is -0.635. The van der Waals surface area contributed by atoms with E-state index in [2.05, 4.69) is 16.0 Å². The number of hydrogen-bond acceptors (Lipinski definition) is 4. The third-order valence-electron chi connectivity index (χ3n) is 1.62. The van der Waals surface area contributed by atoms with E-state index >= 15 is 0 Å². The Morgan fingerprint density at radius 2 is 2.00 bits per heavy atom. The Morgan fingerprint density at radius 1 is 1.36 bits per heavy atom. The highest BCUT2D eigenvalue weighted by Crippen LogP contribution is 1.80. The number of carbonyl (C=O) groups is 2. The van der Waals surface area contributed by atoms with Gasteiger partial charge < -0.3 is 21.7 Å². The maximum absolute atomic E-state index is 10.9. The molecule has 14 heavy (non-hydrogen) atoms. The minimum absolute atomic E-state index is 0.260. The van der Waals surface area contributed by atoms with Gasteiger partial charge in [0.05, 0.1) is 0 Å². The second-order valence-electron chi connectivity index (χ2n) is 2.96. The quantitative estimate of drug-likeness (QED) is 0.352. The summed E-state index contributed by atoms with van der Waals surface area (Å²) in [4.78, 5) is 21.5. The topological polar surface area (TPSA) is 96.2 Å². The van der Waals surface area contributed by atoms with E-state index in [-0.39, 0.29) is 5.91 Å². The first-order valence-corrected chi connectivity index (χ1v) is 4.49. The summed E-state index contributed by atoms with van der Waals surface area (Å²) in [5.74, 6) is -0.790. The van der Waals surface area contributed by atoms with E-state index in [0.717, 1.165) is 13.1 Å². The van der Waals surface area contributed by atoms with Gasteiger partial charge in [0, 0.05) is 26.6 Å². The van der Waals surface area contributed by atoms with Crippen molar-refractivity contribution in [3.8, 4) is 0 Å². The zero-order valence-corrected chi connectivity index (χ0v) is 8.59. The summed E-state index contributed by atoms with van der Waals surface area (Å²) < 4.78 is 0. The molecule has 0 aliphatic rings. The molecule has 5 N–H and O–H groups in total. The van der Waals surface area contributed by atoms with Crippen LogP contribution in [0.5, 0.6) is 0 Å². The molecule has 1 unspecified atom stereocenters. The van der Waals surface area contributed by atoms with Gasteiger partial charge in [0.25, 0.3) is 0 Å². The molecule has 6 nitrogen and oxygen atoms in total. The van der Waals surface area contributed by atoms with Gasteiger partial charge in [-0.2, -0.15) is 0 Å². The SMILES string of the molecule is CNCCNCC(NC(C)=O)C(N)=O. The number of hydrogen-bond donors (Lipinski definition) is 4. The summed E-state index contributed by atoms with van der Waals surface area (Å²) in [6.45, 7) is 3.23. The molecule has 0 saturated carbocycles. The fraction of sp³-hybridized carbons (Fsp3) is 0.750. The minimum Gasteiger partial charge on any atom is -0.368 e. The molecule has 0 heterocycles. The van der Waals surface area contributed by atoms with Crippen LogP contribution in [0.3, 0.4) is 0 Å². The lowest BCUT2D eigenvalue weighted by Crippen LogP contribution is -2.50. The van der Waals surface area contributed by atoms with Gasteiger partial charge in [0.1, 0.15) is 6.04 Å². The molecule has 0 saturated heterocycles. The molecule has 6 heteroatoms. The van der Waals surface area contributed by atoms with E-state index in [1.807, 2.05) is 7.05 Å². The van der Waals surface area contributed by atoms with Crippen LogP contribution < -0.4 is 21.7 Å². The zero-order chi connectivity index (χ0) is 11.0. The summed E-state index contributed by atoms with van der Waals surface area (Å²) in [7, 11) is 1.83. The van der Waals surface area contributed by atoms with E-state index in [1.165, 1.54) is 6.92 Å². The number of rotatable bonds is 7. The van der Waals surface area contributed by atoms with Crippen molar-refractivity contribution in [1.82, 2.24) is 16.0 Å². The fourth-order valence-corrected chi connectivity index (χ4v) is 0.928. The van der Waals surface area contributed by atoms with E-state index in [9.17, 15) is 9.59 Å². The van der Waals surface area contributed by atoms with Crippen molar-refractivity contribution in [2.45, 2.75) is 13.0 Å². The number of carbonyl (C=O) groups excluding carboxylic acids is 2. The molecule has 0 spiro atoms. The van der Waals surface area contributed by atoms with Crippen LogP contribution in [0.25, 0.3) is 0 Å². The monoisotopic (exact) mass is 202 g/mol. The summed E-state index contributed by atoms with van der Waals surface area (Å²) in [6, 6.07) is -0.635. The first-order chi connectivity index (χ1) is 6.57. The third kappa shape index (κ3) is 6.38. The van der Waals surface area contributed by atoms with Gasteiger partial charge in [-0.25, -0.2) is 0 Å². The Hall–Kier alpha value is -1.14. The van der Waals surface area contributed by atoms with Crippen molar-refractivity contribution in [1.29, 1.82) is 0 Å². The molecular formula is C8H18N4O2. The van der Waals surface area contributed by atoms with Crippen LogP contribution in [-0.4, -0.2) is 44.5 Å². The van der Waals surface area contributed by atoms with E-state index < -0.39 is 11.9 Å².